The molecular weight excluding hydrogens is 346 g/mol. The van der Waals surface area contributed by atoms with E-state index in [0.29, 0.717) is 31.2 Å². The minimum absolute atomic E-state index is 0.457. The second-order valence-electron chi connectivity index (χ2n) is 6.39. The lowest BCUT2D eigenvalue weighted by Crippen LogP contribution is -2.34. The molecule has 4 rings (SSSR count). The van der Waals surface area contributed by atoms with Crippen LogP contribution in [0.5, 0.6) is 11.5 Å². The summed E-state index contributed by atoms with van der Waals surface area (Å²) in [4.78, 5) is 2.10. The summed E-state index contributed by atoms with van der Waals surface area (Å²) in [5.41, 5.74) is 2.61. The third-order valence-electron chi connectivity index (χ3n) is 4.76. The number of ether oxygens (including phenoxy) is 2. The molecule has 0 saturated carbocycles. The summed E-state index contributed by atoms with van der Waals surface area (Å²) in [7, 11) is 3.23. The molecule has 0 bridgehead atoms. The van der Waals surface area contributed by atoms with Gasteiger partial charge in [-0.25, -0.2) is 0 Å². The van der Waals surface area contributed by atoms with E-state index in [2.05, 4.69) is 20.4 Å². The van der Waals surface area contributed by atoms with Gasteiger partial charge in [0.2, 0.25) is 0 Å². The Morgan fingerprint density at radius 3 is 2.56 bits per heavy atom. The van der Waals surface area contributed by atoms with Crippen LogP contribution in [-0.4, -0.2) is 51.0 Å². The van der Waals surface area contributed by atoms with Gasteiger partial charge in [0.25, 0.3) is 0 Å². The van der Waals surface area contributed by atoms with Gasteiger partial charge in [-0.05, 0) is 34.7 Å². The largest absolute Gasteiger partial charge is 0.496 e. The molecule has 0 amide bonds. The van der Waals surface area contributed by atoms with E-state index in [1.165, 1.54) is 0 Å². The number of para-hydroxylation sites is 1. The topological polar surface area (TPSA) is 85.5 Å². The van der Waals surface area contributed by atoms with Crippen LogP contribution in [0.2, 0.25) is 0 Å². The zero-order valence-electron chi connectivity index (χ0n) is 15.2. The number of β-amino-alcohol motifs (C(OH)–C–C–N with tert-alkyl or cyclic N) is 1. The van der Waals surface area contributed by atoms with Gasteiger partial charge in [0.05, 0.1) is 32.6 Å². The summed E-state index contributed by atoms with van der Waals surface area (Å²) in [5.74, 6) is 2.11. The molecule has 1 N–H and O–H groups in total. The first-order valence-corrected chi connectivity index (χ1v) is 8.68. The maximum absolute atomic E-state index is 10.7. The highest BCUT2D eigenvalue weighted by Gasteiger charge is 2.30. The van der Waals surface area contributed by atoms with Crippen molar-refractivity contribution in [2.75, 3.05) is 20.8 Å². The first-order chi connectivity index (χ1) is 13.2. The fourth-order valence-corrected chi connectivity index (χ4v) is 3.54. The van der Waals surface area contributed by atoms with Crippen LogP contribution in [0.4, 0.5) is 0 Å². The number of rotatable bonds is 5. The highest BCUT2D eigenvalue weighted by Crippen LogP contribution is 2.39. The number of nitrogens with zero attached hydrogens (tertiary/aromatic N) is 5. The number of aliphatic hydroxyl groups is 1. The Balaban J connectivity index is 1.63. The molecule has 27 heavy (non-hydrogen) atoms. The van der Waals surface area contributed by atoms with Gasteiger partial charge in [0, 0.05) is 24.2 Å². The molecule has 0 fully saturated rings. The van der Waals surface area contributed by atoms with Crippen molar-refractivity contribution < 1.29 is 14.6 Å². The van der Waals surface area contributed by atoms with Gasteiger partial charge >= 0.3 is 0 Å². The van der Waals surface area contributed by atoms with Crippen LogP contribution in [0.15, 0.2) is 42.5 Å². The number of hydrogen-bond acceptors (Lipinski definition) is 7. The number of hydrogen-bond donors (Lipinski definition) is 1. The summed E-state index contributed by atoms with van der Waals surface area (Å²) in [5, 5.41) is 22.8. The summed E-state index contributed by atoms with van der Waals surface area (Å²) in [6.45, 7) is 1.56. The van der Waals surface area contributed by atoms with Crippen molar-refractivity contribution in [2.45, 2.75) is 19.2 Å². The van der Waals surface area contributed by atoms with Crippen molar-refractivity contribution in [2.24, 2.45) is 0 Å². The summed E-state index contributed by atoms with van der Waals surface area (Å²) < 4.78 is 12.6. The molecule has 1 atom stereocenters. The third kappa shape index (κ3) is 3.24. The molecule has 2 heterocycles. The molecule has 8 heteroatoms. The van der Waals surface area contributed by atoms with E-state index in [9.17, 15) is 5.11 Å². The standard InChI is InChI=1S/C19H21N5O3/c1-26-16-8-9-17(27-2)19-14(16)10-23(11-15(19)25)12-18-20-21-22-24(18)13-6-4-3-5-7-13/h3-9,15,25H,10-12H2,1-2H3/t15-/m1/s1. The Morgan fingerprint density at radius 2 is 1.81 bits per heavy atom. The minimum atomic E-state index is -0.681. The Labute approximate surface area is 156 Å². The van der Waals surface area contributed by atoms with Crippen molar-refractivity contribution in [3.8, 4) is 17.2 Å². The second kappa shape index (κ2) is 7.34. The van der Waals surface area contributed by atoms with E-state index in [4.69, 9.17) is 9.47 Å². The van der Waals surface area contributed by atoms with Gasteiger partial charge in [0.15, 0.2) is 5.82 Å². The van der Waals surface area contributed by atoms with Crippen LogP contribution in [0.25, 0.3) is 5.69 Å². The second-order valence-corrected chi connectivity index (χ2v) is 6.39. The molecule has 140 valence electrons. The van der Waals surface area contributed by atoms with Gasteiger partial charge in [-0.2, -0.15) is 4.68 Å². The molecule has 3 aromatic rings. The number of tetrazole rings is 1. The van der Waals surface area contributed by atoms with Crippen molar-refractivity contribution >= 4 is 0 Å². The van der Waals surface area contributed by atoms with E-state index in [1.54, 1.807) is 18.9 Å². The number of benzene rings is 2. The van der Waals surface area contributed by atoms with E-state index >= 15 is 0 Å². The predicted molar refractivity (Wildman–Crippen MR) is 97.8 cm³/mol. The summed E-state index contributed by atoms with van der Waals surface area (Å²) >= 11 is 0. The molecule has 0 saturated heterocycles. The van der Waals surface area contributed by atoms with Crippen molar-refractivity contribution in [3.05, 3.63) is 59.4 Å². The van der Waals surface area contributed by atoms with Crippen LogP contribution < -0.4 is 9.47 Å². The van der Waals surface area contributed by atoms with Gasteiger partial charge in [0.1, 0.15) is 11.5 Å². The maximum atomic E-state index is 10.7. The Hall–Kier alpha value is -2.97. The number of fused-ring (bicyclic) bond motifs is 1. The fraction of sp³-hybridized carbons (Fsp3) is 0.316. The lowest BCUT2D eigenvalue weighted by Gasteiger charge is -2.33. The highest BCUT2D eigenvalue weighted by atomic mass is 16.5. The van der Waals surface area contributed by atoms with Gasteiger partial charge in [-0.1, -0.05) is 18.2 Å². The summed E-state index contributed by atoms with van der Waals surface area (Å²) in [6.07, 6.45) is -0.681. The van der Waals surface area contributed by atoms with E-state index in [0.717, 1.165) is 22.6 Å². The van der Waals surface area contributed by atoms with E-state index in [1.807, 2.05) is 42.5 Å². The zero-order valence-corrected chi connectivity index (χ0v) is 15.2. The predicted octanol–water partition coefficient (Wildman–Crippen LogP) is 1.73. The number of methoxy groups -OCH3 is 2. The van der Waals surface area contributed by atoms with Crippen LogP contribution in [0, 0.1) is 0 Å². The van der Waals surface area contributed by atoms with Crippen LogP contribution >= 0.6 is 0 Å². The molecule has 1 aliphatic heterocycles. The lowest BCUT2D eigenvalue weighted by atomic mass is 9.95. The van der Waals surface area contributed by atoms with E-state index in [-0.39, 0.29) is 0 Å². The first kappa shape index (κ1) is 17.4. The monoisotopic (exact) mass is 367 g/mol. The van der Waals surface area contributed by atoms with Crippen molar-refractivity contribution in [1.82, 2.24) is 25.1 Å². The third-order valence-corrected chi connectivity index (χ3v) is 4.76. The van der Waals surface area contributed by atoms with Crippen molar-refractivity contribution in [1.29, 1.82) is 0 Å². The SMILES string of the molecule is COc1ccc(OC)c2c1CN(Cc1nnnn1-c1ccccc1)C[C@H]2O. The molecular formula is C19H21N5O3. The maximum Gasteiger partial charge on any atom is 0.170 e. The molecule has 1 aliphatic rings. The molecule has 0 spiro atoms. The Morgan fingerprint density at radius 1 is 1.07 bits per heavy atom. The Kier molecular flexibility index (Phi) is 4.74. The lowest BCUT2D eigenvalue weighted by molar-refractivity contribution is 0.0824. The van der Waals surface area contributed by atoms with Gasteiger partial charge in [-0.3, -0.25) is 4.90 Å². The molecule has 2 aromatic carbocycles. The van der Waals surface area contributed by atoms with Gasteiger partial charge < -0.3 is 14.6 Å². The van der Waals surface area contributed by atoms with Crippen molar-refractivity contribution in [3.63, 3.8) is 0 Å². The zero-order chi connectivity index (χ0) is 18.8. The molecule has 0 unspecified atom stereocenters. The molecule has 1 aromatic heterocycles. The minimum Gasteiger partial charge on any atom is -0.496 e. The molecule has 0 aliphatic carbocycles. The van der Waals surface area contributed by atoms with Crippen LogP contribution in [0.1, 0.15) is 23.1 Å². The molecule has 8 nitrogen and oxygen atoms in total. The van der Waals surface area contributed by atoms with Crippen LogP contribution in [0.3, 0.4) is 0 Å². The average Bonchev–Trinajstić information content (AvgIpc) is 3.15. The summed E-state index contributed by atoms with van der Waals surface area (Å²) in [6, 6.07) is 13.4. The Bertz CT molecular complexity index is 928. The fourth-order valence-electron chi connectivity index (χ4n) is 3.54. The molecule has 0 radical (unpaired) electrons. The van der Waals surface area contributed by atoms with Gasteiger partial charge in [-0.15, -0.1) is 5.10 Å². The van der Waals surface area contributed by atoms with Crippen LogP contribution in [-0.2, 0) is 13.1 Å². The quantitative estimate of drug-likeness (QED) is 0.735. The highest BCUT2D eigenvalue weighted by molar-refractivity contribution is 5.51. The van der Waals surface area contributed by atoms with E-state index < -0.39 is 6.10 Å². The average molecular weight is 367 g/mol. The first-order valence-electron chi connectivity index (χ1n) is 8.68. The smallest absolute Gasteiger partial charge is 0.170 e. The number of aromatic nitrogens is 4. The normalized spacial score (nSPS) is 16.8. The number of aliphatic hydroxyl groups excluding tert-OH is 1.